The van der Waals surface area contributed by atoms with Crippen LogP contribution in [0.3, 0.4) is 0 Å². The SMILES string of the molecule is Cc1cc(C)cc(N2C(=O)/C(=C/c3cc(C)n(-c4c(C)cccc4C)c3C)C(=O)NC2=S)c1. The summed E-state index contributed by atoms with van der Waals surface area (Å²) in [6, 6.07) is 14.0. The van der Waals surface area contributed by atoms with E-state index in [1.807, 2.05) is 58.0 Å². The Morgan fingerprint density at radius 2 is 1.48 bits per heavy atom. The number of thiocarbonyl (C=S) groups is 1. The van der Waals surface area contributed by atoms with Gasteiger partial charge in [0.05, 0.1) is 11.4 Å². The van der Waals surface area contributed by atoms with E-state index in [4.69, 9.17) is 12.2 Å². The first-order valence-electron chi connectivity index (χ1n) is 10.8. The minimum atomic E-state index is -0.484. The molecule has 0 unspecified atom stereocenters. The van der Waals surface area contributed by atoms with Crippen molar-refractivity contribution in [1.82, 2.24) is 9.88 Å². The van der Waals surface area contributed by atoms with E-state index >= 15 is 0 Å². The van der Waals surface area contributed by atoms with Gasteiger partial charge < -0.3 is 4.57 Å². The standard InChI is InChI=1S/C27H27N3O2S/c1-15-10-16(2)12-22(11-15)30-26(32)23(25(31)28-27(30)33)14-21-13-19(5)29(20(21)6)24-17(3)8-7-9-18(24)4/h7-14H,1-6H3,(H,28,31,33)/b23-14+. The fourth-order valence-corrected chi connectivity index (χ4v) is 4.84. The number of hydrogen-bond donors (Lipinski definition) is 1. The average molecular weight is 458 g/mol. The molecule has 5 nitrogen and oxygen atoms in total. The van der Waals surface area contributed by atoms with Gasteiger partial charge in [-0.05, 0) is 106 Å². The van der Waals surface area contributed by atoms with Gasteiger partial charge in [0.1, 0.15) is 5.57 Å². The van der Waals surface area contributed by atoms with Crippen molar-refractivity contribution >= 4 is 40.9 Å². The number of carbonyl (C=O) groups is 2. The Kier molecular flexibility index (Phi) is 5.80. The summed E-state index contributed by atoms with van der Waals surface area (Å²) in [4.78, 5) is 27.6. The van der Waals surface area contributed by atoms with Crippen molar-refractivity contribution in [3.8, 4) is 5.69 Å². The molecule has 1 aliphatic rings. The predicted octanol–water partition coefficient (Wildman–Crippen LogP) is 5.16. The molecular formula is C27H27N3O2S. The third kappa shape index (κ3) is 4.02. The van der Waals surface area contributed by atoms with Crippen LogP contribution in [0.1, 0.15) is 39.2 Å². The molecule has 1 aromatic heterocycles. The van der Waals surface area contributed by atoms with Crippen LogP contribution in [0.4, 0.5) is 5.69 Å². The van der Waals surface area contributed by atoms with Crippen LogP contribution in [0.15, 0.2) is 48.0 Å². The molecule has 168 valence electrons. The smallest absolute Gasteiger partial charge is 0.270 e. The summed E-state index contributed by atoms with van der Waals surface area (Å²) in [5.74, 6) is -0.909. The number of nitrogens with one attached hydrogen (secondary N) is 1. The first kappa shape index (κ1) is 22.7. The molecule has 2 aromatic carbocycles. The zero-order valence-corrected chi connectivity index (χ0v) is 20.6. The van der Waals surface area contributed by atoms with Crippen LogP contribution < -0.4 is 10.2 Å². The molecule has 4 rings (SSSR count). The van der Waals surface area contributed by atoms with E-state index in [1.165, 1.54) is 4.90 Å². The Bertz CT molecular complexity index is 1320. The number of carbonyl (C=O) groups excluding carboxylic acids is 2. The predicted molar refractivity (Wildman–Crippen MR) is 137 cm³/mol. The fraction of sp³-hybridized carbons (Fsp3) is 0.222. The van der Waals surface area contributed by atoms with E-state index in [9.17, 15) is 9.59 Å². The molecule has 1 fully saturated rings. The number of para-hydroxylation sites is 1. The van der Waals surface area contributed by atoms with E-state index in [0.29, 0.717) is 5.69 Å². The first-order valence-corrected chi connectivity index (χ1v) is 11.2. The van der Waals surface area contributed by atoms with Gasteiger partial charge in [-0.25, -0.2) is 0 Å². The lowest BCUT2D eigenvalue weighted by Gasteiger charge is -2.29. The van der Waals surface area contributed by atoms with Crippen molar-refractivity contribution in [2.45, 2.75) is 41.5 Å². The number of rotatable bonds is 3. The molecule has 2 heterocycles. The summed E-state index contributed by atoms with van der Waals surface area (Å²) in [6.45, 7) is 12.1. The van der Waals surface area contributed by atoms with E-state index in [1.54, 1.807) is 6.08 Å². The highest BCUT2D eigenvalue weighted by Gasteiger charge is 2.35. The van der Waals surface area contributed by atoms with E-state index < -0.39 is 11.8 Å². The van der Waals surface area contributed by atoms with Crippen LogP contribution in [0, 0.1) is 41.5 Å². The molecule has 33 heavy (non-hydrogen) atoms. The highest BCUT2D eigenvalue weighted by atomic mass is 32.1. The van der Waals surface area contributed by atoms with Gasteiger partial charge in [0.25, 0.3) is 11.8 Å². The molecule has 0 bridgehead atoms. The lowest BCUT2D eigenvalue weighted by atomic mass is 10.1. The number of benzene rings is 2. The first-order chi connectivity index (χ1) is 15.6. The highest BCUT2D eigenvalue weighted by molar-refractivity contribution is 7.80. The van der Waals surface area contributed by atoms with Crippen LogP contribution >= 0.6 is 12.2 Å². The third-order valence-electron chi connectivity index (χ3n) is 6.00. The van der Waals surface area contributed by atoms with Gasteiger partial charge in [0, 0.05) is 11.4 Å². The van der Waals surface area contributed by atoms with Gasteiger partial charge >= 0.3 is 0 Å². The fourth-order valence-electron chi connectivity index (χ4n) is 4.56. The van der Waals surface area contributed by atoms with Crippen LogP contribution in [0.25, 0.3) is 11.8 Å². The van der Waals surface area contributed by atoms with Crippen molar-refractivity contribution < 1.29 is 9.59 Å². The molecular weight excluding hydrogens is 430 g/mol. The molecule has 1 aliphatic heterocycles. The van der Waals surface area contributed by atoms with E-state index in [2.05, 4.69) is 35.9 Å². The molecule has 1 saturated heterocycles. The van der Waals surface area contributed by atoms with Crippen molar-refractivity contribution in [2.75, 3.05) is 4.90 Å². The van der Waals surface area contributed by atoms with Gasteiger partial charge in [-0.2, -0.15) is 0 Å². The lowest BCUT2D eigenvalue weighted by Crippen LogP contribution is -2.54. The second-order valence-corrected chi connectivity index (χ2v) is 9.09. The lowest BCUT2D eigenvalue weighted by molar-refractivity contribution is -0.122. The van der Waals surface area contributed by atoms with Crippen molar-refractivity contribution in [3.05, 3.63) is 87.2 Å². The topological polar surface area (TPSA) is 54.3 Å². The maximum Gasteiger partial charge on any atom is 0.270 e. The number of amides is 2. The van der Waals surface area contributed by atoms with Crippen LogP contribution in [-0.2, 0) is 9.59 Å². The summed E-state index contributed by atoms with van der Waals surface area (Å²) in [6.07, 6.45) is 1.67. The van der Waals surface area contributed by atoms with Gasteiger partial charge in [-0.1, -0.05) is 24.3 Å². The summed E-state index contributed by atoms with van der Waals surface area (Å²) >= 11 is 5.35. The second-order valence-electron chi connectivity index (χ2n) is 8.71. The Labute approximate surface area is 199 Å². The second kappa shape index (κ2) is 8.45. The number of anilines is 1. The monoisotopic (exact) mass is 457 g/mol. The average Bonchev–Trinajstić information content (AvgIpc) is 2.98. The quantitative estimate of drug-likeness (QED) is 0.336. The highest BCUT2D eigenvalue weighted by Crippen LogP contribution is 2.29. The number of aryl methyl sites for hydroxylation is 5. The molecule has 0 atom stereocenters. The summed E-state index contributed by atoms with van der Waals surface area (Å²) in [5.41, 5.74) is 8.99. The summed E-state index contributed by atoms with van der Waals surface area (Å²) < 4.78 is 2.18. The number of aromatic nitrogens is 1. The zero-order chi connectivity index (χ0) is 24.0. The van der Waals surface area contributed by atoms with Crippen molar-refractivity contribution in [2.24, 2.45) is 0 Å². The maximum atomic E-state index is 13.5. The zero-order valence-electron chi connectivity index (χ0n) is 19.7. The molecule has 0 radical (unpaired) electrons. The third-order valence-corrected chi connectivity index (χ3v) is 6.28. The minimum absolute atomic E-state index is 0.0597. The molecule has 3 aromatic rings. The van der Waals surface area contributed by atoms with Crippen molar-refractivity contribution in [1.29, 1.82) is 0 Å². The molecule has 1 N–H and O–H groups in total. The molecule has 0 aliphatic carbocycles. The van der Waals surface area contributed by atoms with E-state index in [0.717, 1.165) is 44.9 Å². The van der Waals surface area contributed by atoms with Crippen molar-refractivity contribution in [3.63, 3.8) is 0 Å². The van der Waals surface area contributed by atoms with Crippen LogP contribution in [0.5, 0.6) is 0 Å². The molecule has 0 saturated carbocycles. The Hall–Kier alpha value is -3.51. The Balaban J connectivity index is 1.81. The van der Waals surface area contributed by atoms with Crippen LogP contribution in [-0.4, -0.2) is 21.5 Å². The van der Waals surface area contributed by atoms with Gasteiger partial charge in [0.2, 0.25) is 0 Å². The molecule has 6 heteroatoms. The summed E-state index contributed by atoms with van der Waals surface area (Å²) in [7, 11) is 0. The van der Waals surface area contributed by atoms with Gasteiger partial charge in [-0.3, -0.25) is 19.8 Å². The molecule has 0 spiro atoms. The Morgan fingerprint density at radius 3 is 2.09 bits per heavy atom. The summed E-state index contributed by atoms with van der Waals surface area (Å²) in [5, 5.41) is 2.77. The Morgan fingerprint density at radius 1 is 0.879 bits per heavy atom. The normalized spacial score (nSPS) is 15.4. The number of hydrogen-bond acceptors (Lipinski definition) is 3. The minimum Gasteiger partial charge on any atom is -0.317 e. The van der Waals surface area contributed by atoms with E-state index in [-0.39, 0.29) is 10.7 Å². The van der Waals surface area contributed by atoms with Crippen LogP contribution in [0.2, 0.25) is 0 Å². The maximum absolute atomic E-state index is 13.5. The molecule has 2 amide bonds. The number of nitrogens with zero attached hydrogens (tertiary/aromatic N) is 2. The largest absolute Gasteiger partial charge is 0.317 e. The van der Waals surface area contributed by atoms with Gasteiger partial charge in [0.15, 0.2) is 5.11 Å². The van der Waals surface area contributed by atoms with Gasteiger partial charge in [-0.15, -0.1) is 0 Å².